The molecule has 1 saturated heterocycles. The fourth-order valence-corrected chi connectivity index (χ4v) is 2.33. The predicted molar refractivity (Wildman–Crippen MR) is 83.2 cm³/mol. The number of ether oxygens (including phenoxy) is 1. The van der Waals surface area contributed by atoms with Gasteiger partial charge in [-0.2, -0.15) is 0 Å². The van der Waals surface area contributed by atoms with Crippen LogP contribution in [-0.4, -0.2) is 55.2 Å². The van der Waals surface area contributed by atoms with Gasteiger partial charge >= 0.3 is 0 Å². The third-order valence-corrected chi connectivity index (χ3v) is 3.54. The summed E-state index contributed by atoms with van der Waals surface area (Å²) >= 11 is 0. The maximum atomic E-state index is 12.0. The summed E-state index contributed by atoms with van der Waals surface area (Å²) in [6.07, 6.45) is 3.12. The zero-order chi connectivity index (χ0) is 15.1. The molecule has 0 atom stereocenters. The number of piperazine rings is 1. The highest BCUT2D eigenvalue weighted by Crippen LogP contribution is 2.15. The lowest BCUT2D eigenvalue weighted by Gasteiger charge is -2.35. The Morgan fingerprint density at radius 1 is 1.29 bits per heavy atom. The average molecular weight is 292 g/mol. The summed E-state index contributed by atoms with van der Waals surface area (Å²) in [6.45, 7) is 6.39. The molecule has 6 nitrogen and oxygen atoms in total. The minimum absolute atomic E-state index is 0.177. The second kappa shape index (κ2) is 7.83. The lowest BCUT2D eigenvalue weighted by Crippen LogP contribution is -2.49. The van der Waals surface area contributed by atoms with Crippen LogP contribution in [0, 0.1) is 0 Å². The Balaban J connectivity index is 1.75. The standard InChI is InChI=1S/C15H24N4O2/c1-2-10-21-11-5-15(20)19-8-6-18(7-9-19)14-4-3-13(16)12-17-14/h3-4,12H,2,5-11,16H2,1H3. The van der Waals surface area contributed by atoms with Crippen molar-refractivity contribution in [1.82, 2.24) is 9.88 Å². The van der Waals surface area contributed by atoms with E-state index in [1.807, 2.05) is 17.0 Å². The van der Waals surface area contributed by atoms with Gasteiger partial charge in [-0.05, 0) is 18.6 Å². The summed E-state index contributed by atoms with van der Waals surface area (Å²) in [6, 6.07) is 3.77. The van der Waals surface area contributed by atoms with Gasteiger partial charge in [-0.3, -0.25) is 4.79 Å². The van der Waals surface area contributed by atoms with Gasteiger partial charge in [0.2, 0.25) is 5.91 Å². The fourth-order valence-electron chi connectivity index (χ4n) is 2.33. The Morgan fingerprint density at radius 3 is 2.67 bits per heavy atom. The fraction of sp³-hybridized carbons (Fsp3) is 0.600. The van der Waals surface area contributed by atoms with E-state index in [-0.39, 0.29) is 5.91 Å². The van der Waals surface area contributed by atoms with Crippen LogP contribution in [0.2, 0.25) is 0 Å². The second-order valence-corrected chi connectivity index (χ2v) is 5.18. The third-order valence-electron chi connectivity index (χ3n) is 3.54. The van der Waals surface area contributed by atoms with Crippen molar-refractivity contribution in [2.45, 2.75) is 19.8 Å². The number of carbonyl (C=O) groups is 1. The summed E-state index contributed by atoms with van der Waals surface area (Å²) < 4.78 is 5.37. The Bertz CT molecular complexity index is 441. The smallest absolute Gasteiger partial charge is 0.225 e. The summed E-state index contributed by atoms with van der Waals surface area (Å²) in [7, 11) is 0. The molecule has 0 bridgehead atoms. The lowest BCUT2D eigenvalue weighted by molar-refractivity contribution is -0.132. The first-order chi connectivity index (χ1) is 10.2. The Kier molecular flexibility index (Phi) is 5.80. The van der Waals surface area contributed by atoms with Gasteiger partial charge in [-0.25, -0.2) is 4.98 Å². The first kappa shape index (κ1) is 15.6. The van der Waals surface area contributed by atoms with Crippen LogP contribution in [0.3, 0.4) is 0 Å². The second-order valence-electron chi connectivity index (χ2n) is 5.18. The number of rotatable bonds is 6. The lowest BCUT2D eigenvalue weighted by atomic mass is 10.2. The molecule has 2 rings (SSSR count). The van der Waals surface area contributed by atoms with E-state index in [0.717, 1.165) is 45.0 Å². The van der Waals surface area contributed by atoms with Gasteiger partial charge in [0.15, 0.2) is 0 Å². The number of hydrogen-bond acceptors (Lipinski definition) is 5. The van der Waals surface area contributed by atoms with Crippen LogP contribution >= 0.6 is 0 Å². The van der Waals surface area contributed by atoms with E-state index in [4.69, 9.17) is 10.5 Å². The van der Waals surface area contributed by atoms with E-state index >= 15 is 0 Å². The van der Waals surface area contributed by atoms with Gasteiger partial charge in [0, 0.05) is 32.8 Å². The van der Waals surface area contributed by atoms with Crippen LogP contribution < -0.4 is 10.6 Å². The van der Waals surface area contributed by atoms with Crippen molar-refractivity contribution in [1.29, 1.82) is 0 Å². The number of nitrogens with two attached hydrogens (primary N) is 1. The maximum absolute atomic E-state index is 12.0. The number of pyridine rings is 1. The summed E-state index contributed by atoms with van der Waals surface area (Å²) in [4.78, 5) is 20.4. The van der Waals surface area contributed by atoms with Crippen molar-refractivity contribution in [3.05, 3.63) is 18.3 Å². The molecule has 1 aliphatic heterocycles. The molecule has 1 aromatic rings. The van der Waals surface area contributed by atoms with Crippen LogP contribution in [-0.2, 0) is 9.53 Å². The molecule has 0 radical (unpaired) electrons. The van der Waals surface area contributed by atoms with Crippen LogP contribution in [0.25, 0.3) is 0 Å². The van der Waals surface area contributed by atoms with E-state index in [1.54, 1.807) is 6.20 Å². The monoisotopic (exact) mass is 292 g/mol. The largest absolute Gasteiger partial charge is 0.397 e. The zero-order valence-corrected chi connectivity index (χ0v) is 12.6. The third kappa shape index (κ3) is 4.60. The van der Waals surface area contributed by atoms with E-state index in [0.29, 0.717) is 18.7 Å². The Morgan fingerprint density at radius 2 is 2.05 bits per heavy atom. The number of hydrogen-bond donors (Lipinski definition) is 1. The number of carbonyl (C=O) groups excluding carboxylic acids is 1. The average Bonchev–Trinajstić information content (AvgIpc) is 2.52. The number of anilines is 2. The highest BCUT2D eigenvalue weighted by atomic mass is 16.5. The number of aromatic nitrogens is 1. The molecular weight excluding hydrogens is 268 g/mol. The van der Waals surface area contributed by atoms with Gasteiger partial charge in [0.25, 0.3) is 0 Å². The van der Waals surface area contributed by atoms with Crippen molar-refractivity contribution in [2.24, 2.45) is 0 Å². The molecule has 1 aliphatic rings. The quantitative estimate of drug-likeness (QED) is 0.796. The predicted octanol–water partition coefficient (Wildman–Crippen LogP) is 1.13. The molecule has 116 valence electrons. The summed E-state index contributed by atoms with van der Waals surface area (Å²) in [5.74, 6) is 1.10. The van der Waals surface area contributed by atoms with E-state index in [9.17, 15) is 4.79 Å². The van der Waals surface area contributed by atoms with Crippen LogP contribution in [0.4, 0.5) is 11.5 Å². The molecule has 0 aliphatic carbocycles. The van der Waals surface area contributed by atoms with Crippen molar-refractivity contribution in [3.63, 3.8) is 0 Å². The molecule has 1 fully saturated rings. The molecule has 2 heterocycles. The first-order valence-electron chi connectivity index (χ1n) is 7.52. The summed E-state index contributed by atoms with van der Waals surface area (Å²) in [5.41, 5.74) is 6.31. The Labute approximate surface area is 125 Å². The molecule has 6 heteroatoms. The molecular formula is C15H24N4O2. The van der Waals surface area contributed by atoms with Crippen LogP contribution in [0.1, 0.15) is 19.8 Å². The highest BCUT2D eigenvalue weighted by molar-refractivity contribution is 5.76. The van der Waals surface area contributed by atoms with E-state index in [2.05, 4.69) is 16.8 Å². The van der Waals surface area contributed by atoms with E-state index < -0.39 is 0 Å². The number of nitrogens with zero attached hydrogens (tertiary/aromatic N) is 3. The molecule has 1 aromatic heterocycles. The summed E-state index contributed by atoms with van der Waals surface area (Å²) in [5, 5.41) is 0. The molecule has 1 amide bonds. The zero-order valence-electron chi connectivity index (χ0n) is 12.6. The van der Waals surface area contributed by atoms with Gasteiger partial charge in [0.1, 0.15) is 5.82 Å². The molecule has 21 heavy (non-hydrogen) atoms. The molecule has 0 saturated carbocycles. The van der Waals surface area contributed by atoms with Crippen molar-refractivity contribution >= 4 is 17.4 Å². The molecule has 0 spiro atoms. The van der Waals surface area contributed by atoms with Crippen LogP contribution in [0.5, 0.6) is 0 Å². The SMILES string of the molecule is CCCOCCC(=O)N1CCN(c2ccc(N)cn2)CC1. The minimum Gasteiger partial charge on any atom is -0.397 e. The van der Waals surface area contributed by atoms with Gasteiger partial charge in [-0.1, -0.05) is 6.92 Å². The number of amides is 1. The Hall–Kier alpha value is -1.82. The van der Waals surface area contributed by atoms with Crippen molar-refractivity contribution in [2.75, 3.05) is 50.0 Å². The van der Waals surface area contributed by atoms with Gasteiger partial charge < -0.3 is 20.3 Å². The van der Waals surface area contributed by atoms with Crippen molar-refractivity contribution < 1.29 is 9.53 Å². The highest BCUT2D eigenvalue weighted by Gasteiger charge is 2.21. The topological polar surface area (TPSA) is 71.7 Å². The molecule has 0 aromatic carbocycles. The maximum Gasteiger partial charge on any atom is 0.225 e. The number of nitrogen functional groups attached to an aromatic ring is 1. The van der Waals surface area contributed by atoms with Crippen LogP contribution in [0.15, 0.2) is 18.3 Å². The normalized spacial score (nSPS) is 15.3. The molecule has 2 N–H and O–H groups in total. The van der Waals surface area contributed by atoms with Gasteiger partial charge in [-0.15, -0.1) is 0 Å². The van der Waals surface area contributed by atoms with E-state index in [1.165, 1.54) is 0 Å². The van der Waals surface area contributed by atoms with Gasteiger partial charge in [0.05, 0.1) is 24.9 Å². The first-order valence-corrected chi connectivity index (χ1v) is 7.52. The van der Waals surface area contributed by atoms with Crippen molar-refractivity contribution in [3.8, 4) is 0 Å². The molecule has 0 unspecified atom stereocenters. The minimum atomic E-state index is 0.177.